The van der Waals surface area contributed by atoms with Crippen LogP contribution in [0.25, 0.3) is 11.5 Å². The van der Waals surface area contributed by atoms with E-state index in [1.807, 2.05) is 45.8 Å². The SMILES string of the molecule is CN(C)C=Nc1sc2c(c1C#N)[C@@](C)(c1nc(-c3cc(N4CCN(C(=O)OC(C)(C)C)CC4)nc(OC4CC5(CCN(C)C5)C4)n3)no1)CCC2. The molecular formula is C36H48N10O4S. The number of ether oxygens (including phenoxy) is 2. The molecule has 3 aromatic rings. The van der Waals surface area contributed by atoms with Gasteiger partial charge in [-0.05, 0) is 85.2 Å². The van der Waals surface area contributed by atoms with Gasteiger partial charge in [-0.15, -0.1) is 11.3 Å². The van der Waals surface area contributed by atoms with E-state index in [4.69, 9.17) is 28.9 Å². The van der Waals surface area contributed by atoms with Crippen LogP contribution in [0.2, 0.25) is 0 Å². The normalized spacial score (nSPS) is 25.2. The number of carbonyl (C=O) groups is 1. The molecule has 4 aliphatic rings. The number of amides is 1. The summed E-state index contributed by atoms with van der Waals surface area (Å²) < 4.78 is 18.1. The summed E-state index contributed by atoms with van der Waals surface area (Å²) in [7, 11) is 5.99. The number of piperazine rings is 1. The fraction of sp³-hybridized carbons (Fsp3) is 0.639. The minimum atomic E-state index is -0.659. The Morgan fingerprint density at radius 1 is 1.16 bits per heavy atom. The van der Waals surface area contributed by atoms with Gasteiger partial charge in [0.15, 0.2) is 0 Å². The minimum absolute atomic E-state index is 0.0383. The Bertz CT molecular complexity index is 1840. The Morgan fingerprint density at radius 2 is 1.92 bits per heavy atom. The van der Waals surface area contributed by atoms with Crippen LogP contribution in [0.4, 0.5) is 15.6 Å². The smallest absolute Gasteiger partial charge is 0.410 e. The Hall–Kier alpha value is -4.29. The van der Waals surface area contributed by atoms with Gasteiger partial charge in [-0.3, -0.25) is 0 Å². The van der Waals surface area contributed by atoms with Gasteiger partial charge in [0.1, 0.15) is 34.3 Å². The highest BCUT2D eigenvalue weighted by Crippen LogP contribution is 2.51. The fourth-order valence-corrected chi connectivity index (χ4v) is 9.16. The van der Waals surface area contributed by atoms with E-state index in [0.29, 0.717) is 65.4 Å². The van der Waals surface area contributed by atoms with Crippen LogP contribution in [0.15, 0.2) is 15.6 Å². The van der Waals surface area contributed by atoms with Crippen LogP contribution in [0.5, 0.6) is 6.01 Å². The van der Waals surface area contributed by atoms with E-state index in [1.54, 1.807) is 22.6 Å². The number of fused-ring (bicyclic) bond motifs is 1. The van der Waals surface area contributed by atoms with Crippen molar-refractivity contribution in [2.24, 2.45) is 10.4 Å². The molecular weight excluding hydrogens is 669 g/mol. The van der Waals surface area contributed by atoms with Crippen LogP contribution in [-0.2, 0) is 16.6 Å². The summed E-state index contributed by atoms with van der Waals surface area (Å²) in [6.07, 6.45) is 7.14. The van der Waals surface area contributed by atoms with Crippen molar-refractivity contribution in [1.82, 2.24) is 34.8 Å². The number of nitrogens with zero attached hydrogens (tertiary/aromatic N) is 10. The van der Waals surface area contributed by atoms with Gasteiger partial charge in [-0.1, -0.05) is 5.16 Å². The molecule has 1 amide bonds. The molecule has 0 radical (unpaired) electrons. The van der Waals surface area contributed by atoms with Crippen LogP contribution in [0.3, 0.4) is 0 Å². The van der Waals surface area contributed by atoms with Crippen molar-refractivity contribution in [2.45, 2.75) is 83.3 Å². The second-order valence-electron chi connectivity index (χ2n) is 16.0. The fourth-order valence-electron chi connectivity index (χ4n) is 7.90. The maximum absolute atomic E-state index is 12.8. The van der Waals surface area contributed by atoms with E-state index < -0.39 is 11.0 Å². The number of hydrogen-bond donors (Lipinski definition) is 0. The summed E-state index contributed by atoms with van der Waals surface area (Å²) in [6.45, 7) is 12.0. The number of aliphatic imine (C=N–C) groups is 1. The molecule has 3 aromatic heterocycles. The molecule has 2 saturated heterocycles. The maximum Gasteiger partial charge on any atom is 0.410 e. The molecule has 5 heterocycles. The number of likely N-dealkylation sites (tertiary alicyclic amines) is 1. The number of nitriles is 1. The van der Waals surface area contributed by atoms with Gasteiger partial charge >= 0.3 is 12.1 Å². The van der Waals surface area contributed by atoms with Gasteiger partial charge in [0.05, 0.1) is 17.3 Å². The third-order valence-electron chi connectivity index (χ3n) is 10.4. The zero-order valence-corrected chi connectivity index (χ0v) is 31.5. The van der Waals surface area contributed by atoms with Crippen molar-refractivity contribution in [1.29, 1.82) is 5.26 Å². The van der Waals surface area contributed by atoms with Crippen molar-refractivity contribution in [3.63, 3.8) is 0 Å². The highest BCUT2D eigenvalue weighted by atomic mass is 32.1. The van der Waals surface area contributed by atoms with Crippen molar-refractivity contribution in [2.75, 3.05) is 65.3 Å². The van der Waals surface area contributed by atoms with Crippen LogP contribution in [0.1, 0.15) is 81.7 Å². The zero-order valence-electron chi connectivity index (χ0n) is 30.7. The van der Waals surface area contributed by atoms with E-state index in [0.717, 1.165) is 55.6 Å². The lowest BCUT2D eigenvalue weighted by Gasteiger charge is -2.44. The third kappa shape index (κ3) is 7.13. The molecule has 14 nitrogen and oxygen atoms in total. The number of aromatic nitrogens is 4. The first-order valence-electron chi connectivity index (χ1n) is 17.8. The van der Waals surface area contributed by atoms with Gasteiger partial charge in [0.2, 0.25) is 11.7 Å². The number of hydrogen-bond acceptors (Lipinski definition) is 13. The molecule has 272 valence electrons. The monoisotopic (exact) mass is 716 g/mol. The van der Waals surface area contributed by atoms with Crippen molar-refractivity contribution in [3.05, 3.63) is 28.0 Å². The number of thiophene rings is 1. The predicted molar refractivity (Wildman–Crippen MR) is 194 cm³/mol. The highest BCUT2D eigenvalue weighted by Gasteiger charge is 2.49. The quantitative estimate of drug-likeness (QED) is 0.232. The number of carbonyl (C=O) groups excluding carboxylic acids is 1. The summed E-state index contributed by atoms with van der Waals surface area (Å²) in [6, 6.07) is 4.58. The first kappa shape index (κ1) is 35.1. The molecule has 0 aromatic carbocycles. The van der Waals surface area contributed by atoms with E-state index in [9.17, 15) is 10.1 Å². The van der Waals surface area contributed by atoms with Gasteiger partial charge in [-0.2, -0.15) is 20.2 Å². The van der Waals surface area contributed by atoms with Crippen molar-refractivity contribution < 1.29 is 18.8 Å². The lowest BCUT2D eigenvalue weighted by Crippen LogP contribution is -2.50. The van der Waals surface area contributed by atoms with E-state index in [2.05, 4.69) is 40.0 Å². The highest BCUT2D eigenvalue weighted by molar-refractivity contribution is 7.16. The second kappa shape index (κ2) is 13.4. The second-order valence-corrected chi connectivity index (χ2v) is 17.1. The maximum atomic E-state index is 12.8. The summed E-state index contributed by atoms with van der Waals surface area (Å²) in [5, 5.41) is 15.4. The molecule has 51 heavy (non-hydrogen) atoms. The van der Waals surface area contributed by atoms with Gasteiger partial charge in [0.25, 0.3) is 0 Å². The van der Waals surface area contributed by atoms with E-state index >= 15 is 0 Å². The summed E-state index contributed by atoms with van der Waals surface area (Å²) in [5.74, 6) is 1.45. The summed E-state index contributed by atoms with van der Waals surface area (Å²) >= 11 is 1.56. The Balaban J connectivity index is 1.17. The molecule has 2 aliphatic carbocycles. The molecule has 0 unspecified atom stereocenters. The molecule has 2 aliphatic heterocycles. The van der Waals surface area contributed by atoms with Crippen LogP contribution in [-0.4, -0.2) is 119 Å². The van der Waals surface area contributed by atoms with Crippen LogP contribution >= 0.6 is 11.3 Å². The molecule has 1 atom stereocenters. The number of rotatable bonds is 7. The standard InChI is InChI=1S/C36H48N10O4S/c1-34(2,3)49-33(47)46-15-13-45(14-16-46)27-17-25(39-32(40-27)48-23-18-36(19-23)11-12-44(7)21-36)29-41-31(50-42-29)35(4)10-8-9-26-28(35)24(20-37)30(51-26)38-22-43(5)6/h17,22-23H,8-16,18-19,21H2,1-7H3/t23?,35-,36?/m0/s1. The van der Waals surface area contributed by atoms with Crippen LogP contribution in [0, 0.1) is 16.7 Å². The first-order chi connectivity index (χ1) is 24.2. The van der Waals surface area contributed by atoms with E-state index in [1.165, 1.54) is 6.42 Å². The van der Waals surface area contributed by atoms with Crippen LogP contribution < -0.4 is 9.64 Å². The number of anilines is 1. The zero-order chi connectivity index (χ0) is 36.1. The number of aryl methyl sites for hydroxylation is 1. The Morgan fingerprint density at radius 3 is 2.59 bits per heavy atom. The predicted octanol–water partition coefficient (Wildman–Crippen LogP) is 5.24. The molecule has 0 N–H and O–H groups in total. The Kier molecular flexibility index (Phi) is 9.20. The lowest BCUT2D eigenvalue weighted by atomic mass is 9.66. The van der Waals surface area contributed by atoms with Crippen molar-refractivity contribution >= 4 is 34.6 Å². The summed E-state index contributed by atoms with van der Waals surface area (Å²) in [5.41, 5.74) is 1.08. The van der Waals surface area contributed by atoms with Gasteiger partial charge < -0.3 is 33.6 Å². The molecule has 1 saturated carbocycles. The molecule has 1 spiro atoms. The largest absolute Gasteiger partial charge is 0.460 e. The molecule has 3 fully saturated rings. The molecule has 7 rings (SSSR count). The average Bonchev–Trinajstić information content (AvgIpc) is 3.81. The molecule has 15 heteroatoms. The summed E-state index contributed by atoms with van der Waals surface area (Å²) in [4.78, 5) is 41.2. The topological polar surface area (TPSA) is 149 Å². The van der Waals surface area contributed by atoms with Crippen molar-refractivity contribution in [3.8, 4) is 23.6 Å². The first-order valence-corrected chi connectivity index (χ1v) is 18.6. The lowest BCUT2D eigenvalue weighted by molar-refractivity contribution is -0.0119. The van der Waals surface area contributed by atoms with Gasteiger partial charge in [-0.25, -0.2) is 9.79 Å². The Labute approximate surface area is 303 Å². The van der Waals surface area contributed by atoms with Gasteiger partial charge in [0, 0.05) is 63.3 Å². The third-order valence-corrected chi connectivity index (χ3v) is 11.6. The average molecular weight is 717 g/mol. The van der Waals surface area contributed by atoms with E-state index in [-0.39, 0.29) is 18.2 Å². The minimum Gasteiger partial charge on any atom is -0.460 e. The molecule has 0 bridgehead atoms.